The Morgan fingerprint density at radius 1 is 1.12 bits per heavy atom. The third-order valence-corrected chi connectivity index (χ3v) is 5.33. The topological polar surface area (TPSA) is 87.2 Å². The molecule has 3 aromatic heterocycles. The van der Waals surface area contributed by atoms with E-state index in [-0.39, 0.29) is 6.42 Å². The predicted molar refractivity (Wildman–Crippen MR) is 116 cm³/mol. The molecular formula is C22H16ClFN6O2. The molecule has 0 N–H and O–H groups in total. The summed E-state index contributed by atoms with van der Waals surface area (Å²) in [5, 5.41) is 18.5. The van der Waals surface area contributed by atoms with E-state index in [1.807, 2.05) is 25.1 Å². The molecule has 0 aliphatic heterocycles. The van der Waals surface area contributed by atoms with Crippen molar-refractivity contribution in [2.75, 3.05) is 7.11 Å². The first kappa shape index (κ1) is 20.1. The van der Waals surface area contributed by atoms with Crippen molar-refractivity contribution in [3.05, 3.63) is 70.8 Å². The maximum Gasteiger partial charge on any atom is 0.311 e. The molecule has 5 rings (SSSR count). The van der Waals surface area contributed by atoms with Gasteiger partial charge in [0.1, 0.15) is 11.5 Å². The van der Waals surface area contributed by atoms with Crippen molar-refractivity contribution in [1.29, 1.82) is 0 Å². The van der Waals surface area contributed by atoms with Crippen LogP contribution in [0.5, 0.6) is 0 Å². The van der Waals surface area contributed by atoms with Crippen molar-refractivity contribution in [1.82, 2.24) is 29.6 Å². The van der Waals surface area contributed by atoms with Crippen LogP contribution in [-0.2, 0) is 16.0 Å². The van der Waals surface area contributed by atoms with Crippen LogP contribution in [-0.4, -0.2) is 42.7 Å². The van der Waals surface area contributed by atoms with Crippen molar-refractivity contribution in [3.63, 3.8) is 0 Å². The van der Waals surface area contributed by atoms with E-state index >= 15 is 0 Å². The van der Waals surface area contributed by atoms with Crippen LogP contribution in [0.2, 0.25) is 5.02 Å². The molecule has 32 heavy (non-hydrogen) atoms. The maximum absolute atomic E-state index is 14.0. The minimum atomic E-state index is -0.478. The van der Waals surface area contributed by atoms with Gasteiger partial charge in [0.25, 0.3) is 0 Å². The molecule has 0 atom stereocenters. The number of aromatic nitrogens is 6. The largest absolute Gasteiger partial charge is 0.469 e. The summed E-state index contributed by atoms with van der Waals surface area (Å²) in [5.41, 5.74) is 4.42. The van der Waals surface area contributed by atoms with Gasteiger partial charge in [-0.2, -0.15) is 14.7 Å². The fourth-order valence-electron chi connectivity index (χ4n) is 3.69. The number of hydrogen-bond acceptors (Lipinski definition) is 6. The fraction of sp³-hybridized carbons (Fsp3) is 0.136. The molecule has 0 aliphatic carbocycles. The number of rotatable bonds is 4. The van der Waals surface area contributed by atoms with Crippen LogP contribution >= 0.6 is 11.6 Å². The number of nitrogens with zero attached hydrogens (tertiary/aromatic N) is 6. The van der Waals surface area contributed by atoms with Crippen LogP contribution in [0, 0.1) is 12.7 Å². The molecule has 0 amide bonds. The Morgan fingerprint density at radius 2 is 1.94 bits per heavy atom. The van der Waals surface area contributed by atoms with Crippen molar-refractivity contribution in [2.24, 2.45) is 0 Å². The minimum Gasteiger partial charge on any atom is -0.469 e. The summed E-state index contributed by atoms with van der Waals surface area (Å²) >= 11 is 6.19. The van der Waals surface area contributed by atoms with E-state index in [0.717, 1.165) is 11.1 Å². The lowest BCUT2D eigenvalue weighted by molar-refractivity contribution is -0.139. The summed E-state index contributed by atoms with van der Waals surface area (Å²) in [5.74, 6) is -0.899. The Morgan fingerprint density at radius 3 is 2.69 bits per heavy atom. The maximum atomic E-state index is 14.0. The van der Waals surface area contributed by atoms with Crippen molar-refractivity contribution in [2.45, 2.75) is 13.3 Å². The average Bonchev–Trinajstić information content (AvgIpc) is 3.30. The quantitative estimate of drug-likeness (QED) is 0.385. The summed E-state index contributed by atoms with van der Waals surface area (Å²) < 4.78 is 21.9. The molecule has 0 fully saturated rings. The number of halogens is 2. The Hall–Kier alpha value is -3.85. The first-order valence-electron chi connectivity index (χ1n) is 9.68. The van der Waals surface area contributed by atoms with E-state index in [2.05, 4.69) is 20.4 Å². The van der Waals surface area contributed by atoms with Crippen LogP contribution < -0.4 is 0 Å². The van der Waals surface area contributed by atoms with Gasteiger partial charge in [-0.05, 0) is 42.8 Å². The highest BCUT2D eigenvalue weighted by molar-refractivity contribution is 6.30. The third-order valence-electron chi connectivity index (χ3n) is 5.09. The van der Waals surface area contributed by atoms with Crippen LogP contribution in [0.1, 0.15) is 11.4 Å². The van der Waals surface area contributed by atoms with Crippen LogP contribution in [0.25, 0.3) is 33.6 Å². The molecule has 0 aliphatic rings. The second kappa shape index (κ2) is 7.69. The average molecular weight is 451 g/mol. The summed E-state index contributed by atoms with van der Waals surface area (Å²) in [6, 6.07) is 13.3. The zero-order valence-corrected chi connectivity index (χ0v) is 17.8. The number of fused-ring (bicyclic) bond motifs is 3. The molecule has 0 radical (unpaired) electrons. The number of benzene rings is 2. The second-order valence-electron chi connectivity index (χ2n) is 7.17. The Balaban J connectivity index is 1.84. The summed E-state index contributed by atoms with van der Waals surface area (Å²) in [4.78, 5) is 11.9. The predicted octanol–water partition coefficient (Wildman–Crippen LogP) is 3.95. The van der Waals surface area contributed by atoms with Gasteiger partial charge in [-0.3, -0.25) is 4.79 Å². The highest BCUT2D eigenvalue weighted by atomic mass is 35.5. The second-order valence-corrected chi connectivity index (χ2v) is 7.61. The van der Waals surface area contributed by atoms with E-state index in [1.165, 1.54) is 23.9 Å². The van der Waals surface area contributed by atoms with Gasteiger partial charge in [0.05, 0.1) is 30.5 Å². The standard InChI is InChI=1S/C22H16ClFN6O2/c1-12-19(13-5-3-6-14(23)9-13)21-26-25-20-17(11-18(31)32-2)28-29(22(20)30(21)27-12)16-8-4-7-15(24)10-16/h3-10H,11H2,1-2H3. The molecule has 0 unspecified atom stereocenters. The minimum absolute atomic E-state index is 0.114. The number of aryl methyl sites for hydroxylation is 1. The monoisotopic (exact) mass is 450 g/mol. The molecule has 160 valence electrons. The van der Waals surface area contributed by atoms with Crippen molar-refractivity contribution < 1.29 is 13.9 Å². The third kappa shape index (κ3) is 3.27. The first-order valence-corrected chi connectivity index (χ1v) is 10.1. The van der Waals surface area contributed by atoms with Gasteiger partial charge in [0.2, 0.25) is 0 Å². The number of esters is 1. The van der Waals surface area contributed by atoms with E-state index in [1.54, 1.807) is 22.7 Å². The number of carbonyl (C=O) groups is 1. The van der Waals surface area contributed by atoms with Gasteiger partial charge < -0.3 is 4.74 Å². The lowest BCUT2D eigenvalue weighted by Crippen LogP contribution is -2.06. The van der Waals surface area contributed by atoms with Gasteiger partial charge in [0.15, 0.2) is 16.8 Å². The lowest BCUT2D eigenvalue weighted by atomic mass is 10.1. The molecule has 0 bridgehead atoms. The molecule has 0 spiro atoms. The van der Waals surface area contributed by atoms with Crippen LogP contribution in [0.15, 0.2) is 48.5 Å². The van der Waals surface area contributed by atoms with E-state index < -0.39 is 11.8 Å². The molecule has 0 saturated heterocycles. The SMILES string of the molecule is COC(=O)Cc1nn(-c2cccc(F)c2)c2c1nnc1c(-c3cccc(Cl)c3)c(C)nn12. The normalized spacial score (nSPS) is 11.4. The molecule has 8 nitrogen and oxygen atoms in total. The Kier molecular flexibility index (Phi) is 4.82. The summed E-state index contributed by atoms with van der Waals surface area (Å²) in [7, 11) is 1.30. The van der Waals surface area contributed by atoms with Gasteiger partial charge in [-0.1, -0.05) is 29.8 Å². The van der Waals surface area contributed by atoms with Crippen LogP contribution in [0.3, 0.4) is 0 Å². The smallest absolute Gasteiger partial charge is 0.311 e. The molecule has 3 heterocycles. The Bertz CT molecular complexity index is 1510. The van der Waals surface area contributed by atoms with Crippen molar-refractivity contribution >= 4 is 34.4 Å². The van der Waals surface area contributed by atoms with Gasteiger partial charge >= 0.3 is 5.97 Å². The number of carbonyl (C=O) groups excluding carboxylic acids is 1. The zero-order valence-electron chi connectivity index (χ0n) is 17.1. The number of hydrogen-bond donors (Lipinski definition) is 0. The van der Waals surface area contributed by atoms with E-state index in [9.17, 15) is 9.18 Å². The van der Waals surface area contributed by atoms with Crippen molar-refractivity contribution in [3.8, 4) is 16.8 Å². The lowest BCUT2D eigenvalue weighted by Gasteiger charge is -2.05. The van der Waals surface area contributed by atoms with E-state index in [0.29, 0.717) is 38.9 Å². The van der Waals surface area contributed by atoms with Gasteiger partial charge in [0, 0.05) is 5.02 Å². The molecule has 5 aromatic rings. The van der Waals surface area contributed by atoms with Gasteiger partial charge in [-0.25, -0.2) is 9.07 Å². The van der Waals surface area contributed by atoms with E-state index in [4.69, 9.17) is 16.3 Å². The molecular weight excluding hydrogens is 435 g/mol. The Labute approximate surface area is 186 Å². The fourth-order valence-corrected chi connectivity index (χ4v) is 3.88. The van der Waals surface area contributed by atoms with Crippen LogP contribution in [0.4, 0.5) is 4.39 Å². The highest BCUT2D eigenvalue weighted by Crippen LogP contribution is 2.31. The number of ether oxygens (including phenoxy) is 1. The highest BCUT2D eigenvalue weighted by Gasteiger charge is 2.23. The molecule has 2 aromatic carbocycles. The molecule has 10 heteroatoms. The number of methoxy groups -OCH3 is 1. The zero-order chi connectivity index (χ0) is 22.4. The molecule has 0 saturated carbocycles. The first-order chi connectivity index (χ1) is 15.5. The summed E-state index contributed by atoms with van der Waals surface area (Å²) in [6.07, 6.45) is -0.114. The summed E-state index contributed by atoms with van der Waals surface area (Å²) in [6.45, 7) is 1.86. The van der Waals surface area contributed by atoms with Gasteiger partial charge in [-0.15, -0.1) is 10.2 Å².